The molecule has 1 fully saturated rings. The van der Waals surface area contributed by atoms with Crippen molar-refractivity contribution in [3.05, 3.63) is 78.1 Å². The van der Waals surface area contributed by atoms with E-state index in [1.165, 1.54) is 6.33 Å². The smallest absolute Gasteiger partial charge is 0.493 e. The highest BCUT2D eigenvalue weighted by molar-refractivity contribution is 6.62. The Morgan fingerprint density at radius 1 is 0.938 bits per heavy atom. The van der Waals surface area contributed by atoms with Crippen LogP contribution in [0.2, 0.25) is 0 Å². The predicted octanol–water partition coefficient (Wildman–Crippen LogP) is 6.78. The first-order valence-electron chi connectivity index (χ1n) is 16.4. The van der Waals surface area contributed by atoms with Crippen molar-refractivity contribution in [2.75, 3.05) is 25.6 Å². The molecule has 1 aliphatic heterocycles. The van der Waals surface area contributed by atoms with Crippen molar-refractivity contribution >= 4 is 40.8 Å². The number of carbonyl (C=O) groups excluding carboxylic acids is 1. The number of ketones is 1. The topological polar surface area (TPSA) is 101 Å². The van der Waals surface area contributed by atoms with Gasteiger partial charge in [0.05, 0.1) is 37.0 Å². The van der Waals surface area contributed by atoms with Gasteiger partial charge >= 0.3 is 7.12 Å². The van der Waals surface area contributed by atoms with Crippen LogP contribution in [0.4, 0.5) is 11.5 Å². The number of anilines is 2. The molecule has 1 aliphatic rings. The Kier molecular flexibility index (Phi) is 11.4. The third-order valence-corrected chi connectivity index (χ3v) is 8.86. The number of carbonyl (C=O) groups is 1. The maximum Gasteiger partial charge on any atom is 0.494 e. The number of methoxy groups -OCH3 is 1. The van der Waals surface area contributed by atoms with Crippen LogP contribution in [-0.2, 0) is 25.4 Å². The number of nitrogens with one attached hydrogen (secondary N) is 1. The Labute approximate surface area is 283 Å². The van der Waals surface area contributed by atoms with E-state index < -0.39 is 7.12 Å². The van der Waals surface area contributed by atoms with Crippen molar-refractivity contribution in [2.45, 2.75) is 77.6 Å². The van der Waals surface area contributed by atoms with Crippen molar-refractivity contribution in [2.24, 2.45) is 0 Å². The second kappa shape index (κ2) is 15.6. The summed E-state index contributed by atoms with van der Waals surface area (Å²) in [5.74, 6) is 4.63. The number of hydrogen-bond acceptors (Lipinski definition) is 9. The van der Waals surface area contributed by atoms with Gasteiger partial charge in [-0.25, -0.2) is 9.97 Å². The number of terminal acetylenes is 1. The molecule has 0 bridgehead atoms. The number of ether oxygens (including phenoxy) is 3. The van der Waals surface area contributed by atoms with E-state index in [2.05, 4.69) is 21.2 Å². The number of aromatic nitrogens is 2. The minimum atomic E-state index is -0.394. The molecule has 2 heterocycles. The lowest BCUT2D eigenvalue weighted by molar-refractivity contribution is -0.124. The van der Waals surface area contributed by atoms with Gasteiger partial charge in [-0.15, -0.1) is 6.42 Å². The summed E-state index contributed by atoms with van der Waals surface area (Å²) in [7, 11) is 1.22. The van der Waals surface area contributed by atoms with Crippen molar-refractivity contribution < 1.29 is 28.3 Å². The van der Waals surface area contributed by atoms with Crippen LogP contribution in [0.25, 0.3) is 10.9 Å². The molecule has 9 nitrogen and oxygen atoms in total. The summed E-state index contributed by atoms with van der Waals surface area (Å²) < 4.78 is 29.6. The van der Waals surface area contributed by atoms with Crippen molar-refractivity contribution in [1.29, 1.82) is 0 Å². The van der Waals surface area contributed by atoms with Crippen LogP contribution in [0.5, 0.6) is 11.5 Å². The summed E-state index contributed by atoms with van der Waals surface area (Å²) in [5, 5.41) is 4.14. The molecule has 0 amide bonds. The number of hydrogen-bond donors (Lipinski definition) is 1. The number of nitrogens with zero attached hydrogens (tertiary/aromatic N) is 2. The maximum atomic E-state index is 12.4. The van der Waals surface area contributed by atoms with E-state index in [9.17, 15) is 4.79 Å². The zero-order valence-corrected chi connectivity index (χ0v) is 28.5. The molecule has 0 radical (unpaired) electrons. The SMILES string of the molecule is C#Cc1cccc(Nc2ncnc3cc(OC)c(OCCCCCCC(=O)COCc4ccc(B5OC(C)(C)C(C)(C)O5)cc4)cc23)c1. The van der Waals surface area contributed by atoms with E-state index in [0.29, 0.717) is 37.0 Å². The van der Waals surface area contributed by atoms with Gasteiger partial charge in [-0.3, -0.25) is 4.79 Å². The van der Waals surface area contributed by atoms with Gasteiger partial charge in [0.1, 0.15) is 18.8 Å². The zero-order valence-electron chi connectivity index (χ0n) is 28.5. The van der Waals surface area contributed by atoms with Crippen LogP contribution in [0.1, 0.15) is 70.9 Å². The Morgan fingerprint density at radius 2 is 1.69 bits per heavy atom. The molecular weight excluding hydrogens is 605 g/mol. The fraction of sp³-hybridized carbons (Fsp3) is 0.395. The number of Topliss-reactive ketones (excluding diaryl/α,β-unsaturated/α-hetero) is 1. The summed E-state index contributed by atoms with van der Waals surface area (Å²) in [5.41, 5.74) is 3.55. The lowest BCUT2D eigenvalue weighted by Gasteiger charge is -2.32. The Hall–Kier alpha value is -4.43. The fourth-order valence-electron chi connectivity index (χ4n) is 5.32. The molecular formula is C38H44BN3O6. The third-order valence-electron chi connectivity index (χ3n) is 8.86. The summed E-state index contributed by atoms with van der Waals surface area (Å²) >= 11 is 0. The van der Waals surface area contributed by atoms with E-state index in [1.54, 1.807) is 7.11 Å². The Morgan fingerprint density at radius 3 is 2.42 bits per heavy atom. The standard InChI is InChI=1S/C38H44BN3O6/c1-7-27-13-12-14-30(21-27)42-36-32-22-35(34(44-6)23-33(32)40-26-41-36)46-20-11-9-8-10-15-31(43)25-45-24-28-16-18-29(19-17-28)39-47-37(2,3)38(4,5)48-39/h1,12-14,16-19,21-23,26H,8-11,15,20,24-25H2,2-6H3,(H,40,41,42). The van der Waals surface area contributed by atoms with Gasteiger partial charge in [0.2, 0.25) is 0 Å². The largest absolute Gasteiger partial charge is 0.494 e. The molecule has 0 aliphatic carbocycles. The van der Waals surface area contributed by atoms with Gasteiger partial charge in [0, 0.05) is 29.1 Å². The third kappa shape index (κ3) is 8.72. The quantitative estimate of drug-likeness (QED) is 0.0800. The van der Waals surface area contributed by atoms with E-state index in [-0.39, 0.29) is 23.6 Å². The highest BCUT2D eigenvalue weighted by Crippen LogP contribution is 2.37. The highest BCUT2D eigenvalue weighted by Gasteiger charge is 2.51. The summed E-state index contributed by atoms with van der Waals surface area (Å²) in [6.07, 6.45) is 11.1. The zero-order chi connectivity index (χ0) is 34.1. The first-order valence-corrected chi connectivity index (χ1v) is 16.4. The average Bonchev–Trinajstić information content (AvgIpc) is 3.30. The first kappa shape index (κ1) is 34.9. The van der Waals surface area contributed by atoms with Gasteiger partial charge < -0.3 is 28.8 Å². The molecule has 1 aromatic heterocycles. The minimum absolute atomic E-state index is 0.110. The molecule has 10 heteroatoms. The molecule has 0 atom stereocenters. The molecule has 1 N–H and O–H groups in total. The summed E-state index contributed by atoms with van der Waals surface area (Å²) in [4.78, 5) is 21.2. The number of benzene rings is 3. The number of rotatable bonds is 16. The van der Waals surface area contributed by atoms with Crippen LogP contribution in [0, 0.1) is 12.3 Å². The van der Waals surface area contributed by atoms with Crippen LogP contribution >= 0.6 is 0 Å². The highest BCUT2D eigenvalue weighted by atomic mass is 16.7. The van der Waals surface area contributed by atoms with Crippen LogP contribution < -0.4 is 20.3 Å². The van der Waals surface area contributed by atoms with Crippen molar-refractivity contribution in [1.82, 2.24) is 9.97 Å². The van der Waals surface area contributed by atoms with Gasteiger partial charge in [-0.1, -0.05) is 49.1 Å². The predicted molar refractivity (Wildman–Crippen MR) is 189 cm³/mol. The van der Waals surface area contributed by atoms with Crippen LogP contribution in [0.15, 0.2) is 67.0 Å². The van der Waals surface area contributed by atoms with Crippen LogP contribution in [0.3, 0.4) is 0 Å². The molecule has 0 unspecified atom stereocenters. The molecule has 0 saturated carbocycles. The minimum Gasteiger partial charge on any atom is -0.493 e. The molecule has 5 rings (SSSR count). The first-order chi connectivity index (χ1) is 23.1. The molecule has 1 saturated heterocycles. The normalized spacial score (nSPS) is 14.9. The van der Waals surface area contributed by atoms with Crippen LogP contribution in [-0.4, -0.2) is 54.4 Å². The summed E-state index contributed by atoms with van der Waals surface area (Å²) in [6, 6.07) is 19.3. The van der Waals surface area contributed by atoms with Crippen molar-refractivity contribution in [3.63, 3.8) is 0 Å². The van der Waals surface area contributed by atoms with E-state index >= 15 is 0 Å². The Bertz CT molecular complexity index is 1740. The van der Waals surface area contributed by atoms with Gasteiger partial charge in [0.15, 0.2) is 17.3 Å². The van der Waals surface area contributed by atoms with E-state index in [4.69, 9.17) is 29.9 Å². The molecule has 250 valence electrons. The van der Waals surface area contributed by atoms with Gasteiger partial charge in [-0.05, 0) is 75.8 Å². The van der Waals surface area contributed by atoms with E-state index in [0.717, 1.165) is 58.9 Å². The second-order valence-corrected chi connectivity index (χ2v) is 13.0. The lowest BCUT2D eigenvalue weighted by atomic mass is 9.79. The number of fused-ring (bicyclic) bond motifs is 1. The monoisotopic (exact) mass is 649 g/mol. The maximum absolute atomic E-state index is 12.4. The summed E-state index contributed by atoms with van der Waals surface area (Å²) in [6.45, 7) is 9.18. The molecule has 0 spiro atoms. The molecule has 4 aromatic rings. The number of unbranched alkanes of at least 4 members (excludes halogenated alkanes) is 3. The van der Waals surface area contributed by atoms with E-state index in [1.807, 2.05) is 88.4 Å². The average molecular weight is 650 g/mol. The van der Waals surface area contributed by atoms with Gasteiger partial charge in [-0.2, -0.15) is 0 Å². The molecule has 48 heavy (non-hydrogen) atoms. The Balaban J connectivity index is 1.00. The fourth-order valence-corrected chi connectivity index (χ4v) is 5.32. The van der Waals surface area contributed by atoms with Crippen molar-refractivity contribution in [3.8, 4) is 23.8 Å². The molecule has 3 aromatic carbocycles. The second-order valence-electron chi connectivity index (χ2n) is 13.0. The van der Waals surface area contributed by atoms with Gasteiger partial charge in [0.25, 0.3) is 0 Å². The lowest BCUT2D eigenvalue weighted by Crippen LogP contribution is -2.41.